The molecule has 4 nitrogen and oxygen atoms in total. The molecule has 0 aliphatic rings. The highest BCUT2D eigenvalue weighted by atomic mass is 32.1. The van der Waals surface area contributed by atoms with E-state index in [0.717, 1.165) is 17.9 Å². The Morgan fingerprint density at radius 2 is 1.77 bits per heavy atom. The van der Waals surface area contributed by atoms with Gasteiger partial charge >= 0.3 is 0 Å². The number of benzene rings is 2. The smallest absolute Gasteiger partial charge is 0.171 e. The third-order valence-corrected chi connectivity index (χ3v) is 4.63. The fourth-order valence-corrected chi connectivity index (χ4v) is 3.42. The van der Waals surface area contributed by atoms with Crippen molar-refractivity contribution < 1.29 is 9.47 Å². The van der Waals surface area contributed by atoms with Crippen molar-refractivity contribution >= 4 is 23.0 Å². The number of ether oxygens (including phenoxy) is 2. The number of thiocarbonyl (C=S) groups is 1. The van der Waals surface area contributed by atoms with Crippen LogP contribution < -0.4 is 20.1 Å². The normalized spacial score (nSPS) is 12.2. The molecule has 0 aliphatic heterocycles. The molecule has 5 heteroatoms. The van der Waals surface area contributed by atoms with E-state index in [0.29, 0.717) is 10.9 Å². The van der Waals surface area contributed by atoms with Crippen molar-refractivity contribution in [3.05, 3.63) is 54.1 Å². The molecule has 2 aromatic carbocycles. The summed E-state index contributed by atoms with van der Waals surface area (Å²) in [5, 5.41) is 7.15. The third-order valence-electron chi connectivity index (χ3n) is 4.41. The summed E-state index contributed by atoms with van der Waals surface area (Å²) in [4.78, 5) is 0. The molecule has 0 bridgehead atoms. The van der Waals surface area contributed by atoms with E-state index in [1.54, 1.807) is 14.2 Å². The molecule has 1 atom stereocenters. The summed E-state index contributed by atoms with van der Waals surface area (Å²) in [7, 11) is 3.26. The molecule has 0 saturated carbocycles. The van der Waals surface area contributed by atoms with Gasteiger partial charge in [0.25, 0.3) is 0 Å². The Morgan fingerprint density at radius 1 is 1.08 bits per heavy atom. The Labute approximate surface area is 161 Å². The van der Waals surface area contributed by atoms with Gasteiger partial charge in [-0.1, -0.05) is 44.2 Å². The molecular formula is C21H28N2O2S. The second-order valence-corrected chi connectivity index (χ2v) is 7.43. The van der Waals surface area contributed by atoms with Gasteiger partial charge in [0.05, 0.1) is 19.9 Å². The summed E-state index contributed by atoms with van der Waals surface area (Å²) in [5.41, 5.74) is 2.19. The predicted molar refractivity (Wildman–Crippen MR) is 112 cm³/mol. The number of methoxy groups -OCH3 is 2. The number of hydrogen-bond donors (Lipinski definition) is 2. The lowest BCUT2D eigenvalue weighted by atomic mass is 9.79. The van der Waals surface area contributed by atoms with Gasteiger partial charge in [-0.15, -0.1) is 0 Å². The maximum absolute atomic E-state index is 5.48. The van der Waals surface area contributed by atoms with E-state index in [4.69, 9.17) is 21.7 Å². The van der Waals surface area contributed by atoms with E-state index in [9.17, 15) is 0 Å². The highest BCUT2D eigenvalue weighted by molar-refractivity contribution is 7.80. The minimum atomic E-state index is 0.0566. The zero-order chi connectivity index (χ0) is 19.2. The van der Waals surface area contributed by atoms with Gasteiger partial charge in [-0.05, 0) is 48.7 Å². The van der Waals surface area contributed by atoms with Crippen LogP contribution in [0.2, 0.25) is 0 Å². The molecule has 0 aliphatic carbocycles. The second kappa shape index (κ2) is 8.90. The van der Waals surface area contributed by atoms with Gasteiger partial charge in [0.2, 0.25) is 0 Å². The second-order valence-electron chi connectivity index (χ2n) is 7.02. The predicted octanol–water partition coefficient (Wildman–Crippen LogP) is 4.75. The van der Waals surface area contributed by atoms with E-state index in [-0.39, 0.29) is 11.5 Å². The first kappa shape index (κ1) is 20.0. The van der Waals surface area contributed by atoms with Crippen LogP contribution in [0.5, 0.6) is 11.5 Å². The summed E-state index contributed by atoms with van der Waals surface area (Å²) < 4.78 is 10.6. The quantitative estimate of drug-likeness (QED) is 0.687. The van der Waals surface area contributed by atoms with Gasteiger partial charge in [0.1, 0.15) is 11.5 Å². The number of rotatable bonds is 7. The number of anilines is 1. The Bertz CT molecular complexity index is 732. The summed E-state index contributed by atoms with van der Waals surface area (Å²) in [6.07, 6.45) is 0.957. The first-order valence-corrected chi connectivity index (χ1v) is 9.11. The minimum Gasteiger partial charge on any atom is -0.497 e. The van der Waals surface area contributed by atoms with Crippen molar-refractivity contribution in [2.24, 2.45) is 0 Å². The average molecular weight is 373 g/mol. The molecule has 0 spiro atoms. The molecule has 2 rings (SSSR count). The first-order valence-electron chi connectivity index (χ1n) is 8.71. The van der Waals surface area contributed by atoms with E-state index >= 15 is 0 Å². The van der Waals surface area contributed by atoms with Crippen molar-refractivity contribution in [3.8, 4) is 11.5 Å². The van der Waals surface area contributed by atoms with Crippen molar-refractivity contribution in [3.63, 3.8) is 0 Å². The summed E-state index contributed by atoms with van der Waals surface area (Å²) in [5.74, 6) is 1.43. The lowest BCUT2D eigenvalue weighted by Crippen LogP contribution is -2.39. The van der Waals surface area contributed by atoms with Gasteiger partial charge in [0, 0.05) is 12.1 Å². The maximum Gasteiger partial charge on any atom is 0.171 e. The molecule has 0 saturated heterocycles. The fourth-order valence-electron chi connectivity index (χ4n) is 3.11. The van der Waals surface area contributed by atoms with Crippen molar-refractivity contribution in [2.45, 2.75) is 38.6 Å². The van der Waals surface area contributed by atoms with E-state index in [2.05, 4.69) is 55.7 Å². The van der Waals surface area contributed by atoms with E-state index < -0.39 is 0 Å². The third kappa shape index (κ3) is 5.36. The standard InChI is InChI=1S/C21H28N2O2S/c1-15(14-21(2,3)16-9-7-6-8-10-16)22-20(26)23-18-12-11-17(24-4)13-19(18)25-5/h6-13,15H,14H2,1-5H3,(H2,22,23,26)/t15-/m1/s1. The molecule has 26 heavy (non-hydrogen) atoms. The maximum atomic E-state index is 5.48. The number of hydrogen-bond acceptors (Lipinski definition) is 3. The van der Waals surface area contributed by atoms with Gasteiger partial charge in [0.15, 0.2) is 5.11 Å². The van der Waals surface area contributed by atoms with Crippen LogP contribution >= 0.6 is 12.2 Å². The molecule has 0 heterocycles. The Hall–Kier alpha value is -2.27. The Morgan fingerprint density at radius 3 is 2.38 bits per heavy atom. The van der Waals surface area contributed by atoms with Crippen LogP contribution in [0, 0.1) is 0 Å². The molecule has 0 fully saturated rings. The molecule has 0 amide bonds. The topological polar surface area (TPSA) is 42.5 Å². The lowest BCUT2D eigenvalue weighted by Gasteiger charge is -2.30. The zero-order valence-electron chi connectivity index (χ0n) is 16.1. The first-order chi connectivity index (χ1) is 12.4. The van der Waals surface area contributed by atoms with Crippen LogP contribution in [0.4, 0.5) is 5.69 Å². The van der Waals surface area contributed by atoms with Crippen LogP contribution in [-0.4, -0.2) is 25.4 Å². The minimum absolute atomic E-state index is 0.0566. The van der Waals surface area contributed by atoms with Gasteiger partial charge in [-0.3, -0.25) is 0 Å². The van der Waals surface area contributed by atoms with Crippen LogP contribution in [0.15, 0.2) is 48.5 Å². The van der Waals surface area contributed by atoms with Crippen LogP contribution in [0.1, 0.15) is 32.8 Å². The number of nitrogens with one attached hydrogen (secondary N) is 2. The Kier molecular flexibility index (Phi) is 6.86. The van der Waals surface area contributed by atoms with Crippen LogP contribution in [-0.2, 0) is 5.41 Å². The van der Waals surface area contributed by atoms with E-state index in [1.165, 1.54) is 5.56 Å². The van der Waals surface area contributed by atoms with Crippen molar-refractivity contribution in [2.75, 3.05) is 19.5 Å². The lowest BCUT2D eigenvalue weighted by molar-refractivity contribution is 0.395. The van der Waals surface area contributed by atoms with E-state index in [1.807, 2.05) is 24.3 Å². The zero-order valence-corrected chi connectivity index (χ0v) is 16.9. The van der Waals surface area contributed by atoms with Crippen LogP contribution in [0.25, 0.3) is 0 Å². The SMILES string of the molecule is COc1ccc(NC(=S)N[C@H](C)CC(C)(C)c2ccccc2)c(OC)c1. The van der Waals surface area contributed by atoms with Crippen molar-refractivity contribution in [1.82, 2.24) is 5.32 Å². The highest BCUT2D eigenvalue weighted by Crippen LogP contribution is 2.30. The molecule has 2 aromatic rings. The molecule has 2 N–H and O–H groups in total. The fraction of sp³-hybridized carbons (Fsp3) is 0.381. The average Bonchev–Trinajstić information content (AvgIpc) is 2.62. The summed E-state index contributed by atoms with van der Waals surface area (Å²) in [6, 6.07) is 16.4. The molecular weight excluding hydrogens is 344 g/mol. The van der Waals surface area contributed by atoms with Gasteiger partial charge in [-0.25, -0.2) is 0 Å². The molecule has 140 valence electrons. The summed E-state index contributed by atoms with van der Waals surface area (Å²) >= 11 is 5.48. The largest absolute Gasteiger partial charge is 0.497 e. The van der Waals surface area contributed by atoms with Gasteiger partial charge < -0.3 is 20.1 Å². The molecule has 0 unspecified atom stereocenters. The molecule has 0 aromatic heterocycles. The summed E-state index contributed by atoms with van der Waals surface area (Å²) in [6.45, 7) is 6.65. The van der Waals surface area contributed by atoms with Crippen LogP contribution in [0.3, 0.4) is 0 Å². The monoisotopic (exact) mass is 372 g/mol. The molecule has 0 radical (unpaired) electrons. The highest BCUT2D eigenvalue weighted by Gasteiger charge is 2.23. The van der Waals surface area contributed by atoms with Crippen molar-refractivity contribution in [1.29, 1.82) is 0 Å². The Balaban J connectivity index is 1.97. The van der Waals surface area contributed by atoms with Gasteiger partial charge in [-0.2, -0.15) is 0 Å².